The number of hydrogen-bond donors (Lipinski definition) is 2. The van der Waals surface area contributed by atoms with Gasteiger partial charge in [0.2, 0.25) is 0 Å². The monoisotopic (exact) mass is 278 g/mol. The molecular formula is C15H22N2OS. The molecule has 1 unspecified atom stereocenters. The van der Waals surface area contributed by atoms with E-state index in [1.165, 1.54) is 0 Å². The lowest BCUT2D eigenvalue weighted by molar-refractivity contribution is 0.289. The first-order valence-electron chi connectivity index (χ1n) is 6.72. The average molecular weight is 278 g/mol. The molecule has 0 radical (unpaired) electrons. The Kier molecular flexibility index (Phi) is 7.57. The van der Waals surface area contributed by atoms with Crippen molar-refractivity contribution in [3.05, 3.63) is 29.3 Å². The van der Waals surface area contributed by atoms with Crippen LogP contribution in [0, 0.1) is 11.3 Å². The Bertz CT molecular complexity index is 429. The molecule has 0 heterocycles. The van der Waals surface area contributed by atoms with Crippen molar-refractivity contribution in [1.29, 1.82) is 5.26 Å². The molecule has 1 rings (SSSR count). The molecule has 104 valence electrons. The summed E-state index contributed by atoms with van der Waals surface area (Å²) < 4.78 is 0. The maximum atomic E-state index is 9.22. The van der Waals surface area contributed by atoms with E-state index in [2.05, 4.69) is 31.3 Å². The molecule has 0 amide bonds. The molecule has 0 fully saturated rings. The van der Waals surface area contributed by atoms with Crippen molar-refractivity contribution in [3.63, 3.8) is 0 Å². The zero-order chi connectivity index (χ0) is 14.1. The Labute approximate surface area is 120 Å². The van der Waals surface area contributed by atoms with Gasteiger partial charge in [-0.3, -0.25) is 0 Å². The third-order valence-corrected chi connectivity index (χ3v) is 4.03. The van der Waals surface area contributed by atoms with Gasteiger partial charge in [-0.25, -0.2) is 0 Å². The lowest BCUT2D eigenvalue weighted by Gasteiger charge is -2.12. The van der Waals surface area contributed by atoms with Crippen LogP contribution < -0.4 is 5.32 Å². The van der Waals surface area contributed by atoms with Gasteiger partial charge in [-0.05, 0) is 37.1 Å². The fraction of sp³-hybridized carbons (Fsp3) is 0.533. The van der Waals surface area contributed by atoms with E-state index in [-0.39, 0.29) is 6.61 Å². The second kappa shape index (κ2) is 8.98. The van der Waals surface area contributed by atoms with Crippen LogP contribution in [0.15, 0.2) is 23.1 Å². The predicted octanol–water partition coefficient (Wildman–Crippen LogP) is 2.92. The Balaban J connectivity index is 2.70. The second-order valence-corrected chi connectivity index (χ2v) is 6.04. The fourth-order valence-electron chi connectivity index (χ4n) is 1.74. The molecule has 0 aliphatic heterocycles. The number of rotatable bonds is 8. The predicted molar refractivity (Wildman–Crippen MR) is 80.2 cm³/mol. The van der Waals surface area contributed by atoms with Gasteiger partial charge in [-0.1, -0.05) is 19.9 Å². The molecule has 0 aliphatic carbocycles. The molecule has 19 heavy (non-hydrogen) atoms. The van der Waals surface area contributed by atoms with E-state index in [4.69, 9.17) is 5.11 Å². The summed E-state index contributed by atoms with van der Waals surface area (Å²) in [6.07, 6.45) is 1.85. The minimum absolute atomic E-state index is 0.190. The van der Waals surface area contributed by atoms with Crippen LogP contribution in [0.2, 0.25) is 0 Å². The first kappa shape index (κ1) is 16.0. The van der Waals surface area contributed by atoms with Gasteiger partial charge in [-0.15, -0.1) is 11.8 Å². The van der Waals surface area contributed by atoms with Gasteiger partial charge in [0, 0.05) is 23.3 Å². The van der Waals surface area contributed by atoms with Gasteiger partial charge in [0.1, 0.15) is 6.07 Å². The number of nitrogens with one attached hydrogen (secondary N) is 1. The number of nitrogens with zero attached hydrogens (tertiary/aromatic N) is 1. The Morgan fingerprint density at radius 3 is 2.89 bits per heavy atom. The number of nitriles is 1. The zero-order valence-corrected chi connectivity index (χ0v) is 12.5. The van der Waals surface area contributed by atoms with E-state index in [0.717, 1.165) is 42.0 Å². The SMILES string of the molecule is CCCNCc1ccc(SC(C)CCO)c(C#N)c1. The van der Waals surface area contributed by atoms with Crippen LogP contribution >= 0.6 is 11.8 Å². The summed E-state index contributed by atoms with van der Waals surface area (Å²) in [7, 11) is 0. The van der Waals surface area contributed by atoms with Gasteiger partial charge >= 0.3 is 0 Å². The highest BCUT2D eigenvalue weighted by Gasteiger charge is 2.09. The van der Waals surface area contributed by atoms with Crippen molar-refractivity contribution in [2.75, 3.05) is 13.2 Å². The van der Waals surface area contributed by atoms with E-state index in [1.54, 1.807) is 11.8 Å². The van der Waals surface area contributed by atoms with Crippen LogP contribution in [0.4, 0.5) is 0 Å². The summed E-state index contributed by atoms with van der Waals surface area (Å²) in [6.45, 7) is 6.19. The van der Waals surface area contributed by atoms with Gasteiger partial charge in [-0.2, -0.15) is 5.26 Å². The van der Waals surface area contributed by atoms with Crippen molar-refractivity contribution in [2.45, 2.75) is 43.4 Å². The summed E-state index contributed by atoms with van der Waals surface area (Å²) in [5.41, 5.74) is 1.87. The first-order chi connectivity index (χ1) is 9.21. The summed E-state index contributed by atoms with van der Waals surface area (Å²) in [5.74, 6) is 0. The van der Waals surface area contributed by atoms with Crippen molar-refractivity contribution >= 4 is 11.8 Å². The minimum Gasteiger partial charge on any atom is -0.396 e. The van der Waals surface area contributed by atoms with E-state index in [1.807, 2.05) is 12.1 Å². The second-order valence-electron chi connectivity index (χ2n) is 4.56. The molecule has 0 saturated heterocycles. The molecular weight excluding hydrogens is 256 g/mol. The Morgan fingerprint density at radius 2 is 2.26 bits per heavy atom. The first-order valence-corrected chi connectivity index (χ1v) is 7.60. The number of thioether (sulfide) groups is 1. The fourth-order valence-corrected chi connectivity index (χ4v) is 2.78. The third-order valence-electron chi connectivity index (χ3n) is 2.78. The molecule has 0 spiro atoms. The van der Waals surface area contributed by atoms with Crippen LogP contribution in [-0.2, 0) is 6.54 Å². The number of aliphatic hydroxyl groups excluding tert-OH is 1. The van der Waals surface area contributed by atoms with Crippen molar-refractivity contribution in [2.24, 2.45) is 0 Å². The summed E-state index contributed by atoms with van der Waals surface area (Å²) >= 11 is 1.65. The topological polar surface area (TPSA) is 56.0 Å². The highest BCUT2D eigenvalue weighted by Crippen LogP contribution is 2.28. The quantitative estimate of drug-likeness (QED) is 0.567. The molecule has 1 aromatic carbocycles. The van der Waals surface area contributed by atoms with E-state index in [0.29, 0.717) is 5.25 Å². The molecule has 1 aromatic rings. The van der Waals surface area contributed by atoms with Gasteiger partial charge in [0.25, 0.3) is 0 Å². The lowest BCUT2D eigenvalue weighted by Crippen LogP contribution is -2.13. The maximum Gasteiger partial charge on any atom is 0.100 e. The molecule has 1 atom stereocenters. The van der Waals surface area contributed by atoms with E-state index < -0.39 is 0 Å². The largest absolute Gasteiger partial charge is 0.396 e. The van der Waals surface area contributed by atoms with E-state index >= 15 is 0 Å². The molecule has 2 N–H and O–H groups in total. The molecule has 4 heteroatoms. The van der Waals surface area contributed by atoms with Crippen molar-refractivity contribution in [1.82, 2.24) is 5.32 Å². The summed E-state index contributed by atoms with van der Waals surface area (Å²) in [4.78, 5) is 1.00. The molecule has 0 bridgehead atoms. The van der Waals surface area contributed by atoms with Crippen molar-refractivity contribution in [3.8, 4) is 6.07 Å². The minimum atomic E-state index is 0.190. The highest BCUT2D eigenvalue weighted by molar-refractivity contribution is 8.00. The lowest BCUT2D eigenvalue weighted by atomic mass is 10.1. The highest BCUT2D eigenvalue weighted by atomic mass is 32.2. The van der Waals surface area contributed by atoms with Crippen molar-refractivity contribution < 1.29 is 5.11 Å². The molecule has 3 nitrogen and oxygen atoms in total. The normalized spacial score (nSPS) is 12.1. The Morgan fingerprint density at radius 1 is 1.47 bits per heavy atom. The summed E-state index contributed by atoms with van der Waals surface area (Å²) in [6, 6.07) is 8.30. The van der Waals surface area contributed by atoms with Gasteiger partial charge in [0.05, 0.1) is 5.56 Å². The Hall–Kier alpha value is -1.02. The van der Waals surface area contributed by atoms with E-state index in [9.17, 15) is 5.26 Å². The molecule has 0 saturated carbocycles. The van der Waals surface area contributed by atoms with Gasteiger partial charge in [0.15, 0.2) is 0 Å². The van der Waals surface area contributed by atoms with Crippen LogP contribution in [0.25, 0.3) is 0 Å². The zero-order valence-electron chi connectivity index (χ0n) is 11.6. The number of benzene rings is 1. The number of hydrogen-bond acceptors (Lipinski definition) is 4. The third kappa shape index (κ3) is 5.65. The molecule has 0 aromatic heterocycles. The standard InChI is InChI=1S/C15H22N2OS/c1-3-7-17-11-13-4-5-15(14(9-13)10-16)19-12(2)6-8-18/h4-5,9,12,17-18H,3,6-8,11H2,1-2H3. The van der Waals surface area contributed by atoms with Gasteiger partial charge < -0.3 is 10.4 Å². The van der Waals surface area contributed by atoms with Crippen LogP contribution in [0.3, 0.4) is 0 Å². The van der Waals surface area contributed by atoms with Crippen LogP contribution in [-0.4, -0.2) is 23.5 Å². The maximum absolute atomic E-state index is 9.22. The van der Waals surface area contributed by atoms with Crippen LogP contribution in [0.5, 0.6) is 0 Å². The van der Waals surface area contributed by atoms with Crippen LogP contribution in [0.1, 0.15) is 37.8 Å². The summed E-state index contributed by atoms with van der Waals surface area (Å²) in [5, 5.41) is 21.8. The smallest absolute Gasteiger partial charge is 0.100 e. The number of aliphatic hydroxyl groups is 1. The average Bonchev–Trinajstić information content (AvgIpc) is 2.41. The molecule has 0 aliphatic rings.